The molecule has 0 fully saturated rings. The number of nitrogens with two attached hydrogens (primary N) is 1. The van der Waals surface area contributed by atoms with Crippen molar-refractivity contribution in [2.75, 3.05) is 17.0 Å². The van der Waals surface area contributed by atoms with E-state index in [1.54, 1.807) is 17.4 Å². The molecule has 0 spiro atoms. The van der Waals surface area contributed by atoms with Crippen LogP contribution in [0.3, 0.4) is 0 Å². The van der Waals surface area contributed by atoms with Gasteiger partial charge >= 0.3 is 0 Å². The van der Waals surface area contributed by atoms with Gasteiger partial charge in [-0.1, -0.05) is 11.8 Å². The Morgan fingerprint density at radius 1 is 1.39 bits per heavy atom. The van der Waals surface area contributed by atoms with Gasteiger partial charge < -0.3 is 10.7 Å². The molecule has 5 nitrogen and oxygen atoms in total. The van der Waals surface area contributed by atoms with Crippen molar-refractivity contribution in [2.24, 2.45) is 5.84 Å². The molecule has 4 N–H and O–H groups in total. The van der Waals surface area contributed by atoms with Crippen molar-refractivity contribution in [1.29, 1.82) is 0 Å². The number of aromatic nitrogens is 2. The molecule has 0 aliphatic heterocycles. The molecule has 0 unspecified atom stereocenters. The minimum absolute atomic E-state index is 0.601. The van der Waals surface area contributed by atoms with Crippen molar-refractivity contribution in [3.8, 4) is 0 Å². The predicted octanol–water partition coefficient (Wildman–Crippen LogP) is 2.92. The lowest BCUT2D eigenvalue weighted by Gasteiger charge is -2.07. The van der Waals surface area contributed by atoms with E-state index in [0.29, 0.717) is 11.0 Å². The van der Waals surface area contributed by atoms with Gasteiger partial charge in [-0.25, -0.2) is 15.8 Å². The number of hydrazine groups is 1. The molecule has 0 amide bonds. The number of hydrogen-bond acceptors (Lipinski definition) is 7. The van der Waals surface area contributed by atoms with Crippen LogP contribution in [-0.4, -0.2) is 16.2 Å². The largest absolute Gasteiger partial charge is 0.365 e. The molecule has 2 aromatic heterocycles. The SMILES string of the molecule is CSc1nc(NN)cc(NCc2ccc(Br)s2)n1. The molecule has 0 atom stereocenters. The molecule has 18 heavy (non-hydrogen) atoms. The quantitative estimate of drug-likeness (QED) is 0.335. The molecule has 0 saturated heterocycles. The smallest absolute Gasteiger partial charge is 0.191 e. The Labute approximate surface area is 122 Å². The lowest BCUT2D eigenvalue weighted by molar-refractivity contribution is 0.955. The van der Waals surface area contributed by atoms with Gasteiger partial charge in [0.2, 0.25) is 0 Å². The number of thioether (sulfide) groups is 1. The molecule has 0 aromatic carbocycles. The van der Waals surface area contributed by atoms with Gasteiger partial charge in [0.05, 0.1) is 10.3 Å². The fourth-order valence-electron chi connectivity index (χ4n) is 1.31. The third-order valence-electron chi connectivity index (χ3n) is 2.11. The Kier molecular flexibility index (Phi) is 4.81. The highest BCUT2D eigenvalue weighted by molar-refractivity contribution is 9.11. The maximum absolute atomic E-state index is 5.37. The minimum Gasteiger partial charge on any atom is -0.365 e. The van der Waals surface area contributed by atoms with E-state index in [2.05, 4.69) is 42.7 Å². The highest BCUT2D eigenvalue weighted by Gasteiger charge is 2.04. The topological polar surface area (TPSA) is 75.9 Å². The van der Waals surface area contributed by atoms with Gasteiger partial charge in [-0.15, -0.1) is 11.3 Å². The number of rotatable bonds is 5. The molecule has 0 aliphatic rings. The predicted molar refractivity (Wildman–Crippen MR) is 81.0 cm³/mol. The lowest BCUT2D eigenvalue weighted by Crippen LogP contribution is -2.10. The van der Waals surface area contributed by atoms with Gasteiger partial charge in [-0.3, -0.25) is 0 Å². The van der Waals surface area contributed by atoms with Crippen LogP contribution >= 0.6 is 39.0 Å². The number of halogens is 1. The molecule has 2 heterocycles. The van der Waals surface area contributed by atoms with E-state index in [0.717, 1.165) is 16.1 Å². The highest BCUT2D eigenvalue weighted by atomic mass is 79.9. The lowest BCUT2D eigenvalue weighted by atomic mass is 10.4. The van der Waals surface area contributed by atoms with Crippen molar-refractivity contribution < 1.29 is 0 Å². The van der Waals surface area contributed by atoms with Crippen LogP contribution in [0.2, 0.25) is 0 Å². The van der Waals surface area contributed by atoms with Crippen LogP contribution in [0.25, 0.3) is 0 Å². The molecule has 8 heteroatoms. The first-order valence-corrected chi connectivity index (χ1v) is 7.92. The van der Waals surface area contributed by atoms with E-state index in [9.17, 15) is 0 Å². The van der Waals surface area contributed by atoms with E-state index in [1.165, 1.54) is 16.6 Å². The number of thiophene rings is 1. The average Bonchev–Trinajstić information content (AvgIpc) is 2.81. The second-order valence-corrected chi connectivity index (χ2v) is 6.65. The Bertz CT molecular complexity index is 508. The monoisotopic (exact) mass is 345 g/mol. The fourth-order valence-corrected chi connectivity index (χ4v) is 3.11. The summed E-state index contributed by atoms with van der Waals surface area (Å²) in [6.07, 6.45) is 1.93. The van der Waals surface area contributed by atoms with Crippen LogP contribution in [0.1, 0.15) is 4.88 Å². The maximum Gasteiger partial charge on any atom is 0.191 e. The van der Waals surface area contributed by atoms with Gasteiger partial charge in [0, 0.05) is 10.9 Å². The van der Waals surface area contributed by atoms with Crippen LogP contribution in [-0.2, 0) is 6.54 Å². The molecule has 2 aromatic rings. The minimum atomic E-state index is 0.601. The van der Waals surface area contributed by atoms with Gasteiger partial charge in [-0.05, 0) is 34.3 Å². The second kappa shape index (κ2) is 6.37. The van der Waals surface area contributed by atoms with E-state index in [4.69, 9.17) is 5.84 Å². The van der Waals surface area contributed by atoms with Gasteiger partial charge in [0.15, 0.2) is 5.16 Å². The highest BCUT2D eigenvalue weighted by Crippen LogP contribution is 2.23. The standard InChI is InChI=1S/C10H12BrN5S2/c1-17-10-14-8(4-9(15-10)16-12)13-5-6-2-3-7(11)18-6/h2-4H,5,12H2,1H3,(H2,13,14,15,16). The summed E-state index contributed by atoms with van der Waals surface area (Å²) in [5, 5.41) is 3.93. The fraction of sp³-hybridized carbons (Fsp3) is 0.200. The third kappa shape index (κ3) is 3.58. The van der Waals surface area contributed by atoms with Crippen molar-refractivity contribution in [2.45, 2.75) is 11.7 Å². The molecule has 0 radical (unpaired) electrons. The first kappa shape index (κ1) is 13.6. The third-order valence-corrected chi connectivity index (χ3v) is 4.28. The second-order valence-electron chi connectivity index (χ2n) is 3.33. The van der Waals surface area contributed by atoms with Crippen molar-refractivity contribution in [1.82, 2.24) is 9.97 Å². The number of hydrogen-bond donors (Lipinski definition) is 3. The van der Waals surface area contributed by atoms with Crippen LogP contribution < -0.4 is 16.6 Å². The summed E-state index contributed by atoms with van der Waals surface area (Å²) >= 11 is 6.61. The first-order chi connectivity index (χ1) is 8.71. The zero-order valence-corrected chi connectivity index (χ0v) is 12.8. The van der Waals surface area contributed by atoms with Crippen LogP contribution in [0.15, 0.2) is 27.1 Å². The summed E-state index contributed by atoms with van der Waals surface area (Å²) in [6.45, 7) is 0.727. The van der Waals surface area contributed by atoms with Crippen molar-refractivity contribution in [3.05, 3.63) is 26.9 Å². The Balaban J connectivity index is 2.08. The zero-order chi connectivity index (χ0) is 13.0. The summed E-state index contributed by atoms with van der Waals surface area (Å²) in [5.74, 6) is 6.73. The summed E-state index contributed by atoms with van der Waals surface area (Å²) in [4.78, 5) is 9.79. The Morgan fingerprint density at radius 2 is 2.17 bits per heavy atom. The van der Waals surface area contributed by atoms with E-state index in [1.807, 2.05) is 12.3 Å². The van der Waals surface area contributed by atoms with E-state index >= 15 is 0 Å². The molecule has 0 bridgehead atoms. The van der Waals surface area contributed by atoms with Gasteiger partial charge in [0.1, 0.15) is 11.6 Å². The first-order valence-electron chi connectivity index (χ1n) is 5.09. The zero-order valence-electron chi connectivity index (χ0n) is 9.61. The van der Waals surface area contributed by atoms with Crippen LogP contribution in [0, 0.1) is 0 Å². The van der Waals surface area contributed by atoms with Gasteiger partial charge in [-0.2, -0.15) is 0 Å². The average molecular weight is 346 g/mol. The van der Waals surface area contributed by atoms with Crippen LogP contribution in [0.4, 0.5) is 11.6 Å². The molecule has 0 aliphatic carbocycles. The Hall–Kier alpha value is -0.830. The summed E-state index contributed by atoms with van der Waals surface area (Å²) in [6, 6.07) is 5.88. The molecule has 0 saturated carbocycles. The molecule has 2 rings (SSSR count). The van der Waals surface area contributed by atoms with Crippen molar-refractivity contribution in [3.63, 3.8) is 0 Å². The number of nitrogen functional groups attached to an aromatic ring is 1. The van der Waals surface area contributed by atoms with Crippen LogP contribution in [0.5, 0.6) is 0 Å². The summed E-state index contributed by atoms with van der Waals surface area (Å²) in [7, 11) is 0. The molecular weight excluding hydrogens is 334 g/mol. The van der Waals surface area contributed by atoms with E-state index < -0.39 is 0 Å². The summed E-state index contributed by atoms with van der Waals surface area (Å²) in [5.41, 5.74) is 2.54. The normalized spacial score (nSPS) is 10.4. The van der Waals surface area contributed by atoms with Crippen molar-refractivity contribution >= 4 is 50.7 Å². The molecular formula is C10H12BrN5S2. The van der Waals surface area contributed by atoms with E-state index in [-0.39, 0.29) is 0 Å². The Morgan fingerprint density at radius 3 is 2.78 bits per heavy atom. The number of nitrogens with zero attached hydrogens (tertiary/aromatic N) is 2. The molecule has 96 valence electrons. The number of nitrogens with one attached hydrogen (secondary N) is 2. The summed E-state index contributed by atoms with van der Waals surface area (Å²) < 4.78 is 1.12. The maximum atomic E-state index is 5.37. The number of anilines is 2. The van der Waals surface area contributed by atoms with Gasteiger partial charge in [0.25, 0.3) is 0 Å².